The first kappa shape index (κ1) is 34.2. The van der Waals surface area contributed by atoms with Gasteiger partial charge < -0.3 is 14.8 Å². The van der Waals surface area contributed by atoms with E-state index in [-0.39, 0.29) is 23.7 Å². The number of alkyl halides is 6. The number of para-hydroxylation sites is 1. The van der Waals surface area contributed by atoms with Crippen molar-refractivity contribution in [3.05, 3.63) is 95.2 Å². The summed E-state index contributed by atoms with van der Waals surface area (Å²) >= 11 is 0. The van der Waals surface area contributed by atoms with Crippen LogP contribution in [0.15, 0.2) is 72.9 Å². The van der Waals surface area contributed by atoms with Crippen molar-refractivity contribution >= 4 is 55.9 Å². The van der Waals surface area contributed by atoms with Gasteiger partial charge in [-0.05, 0) is 59.7 Å². The molecule has 5 rings (SSSR count). The van der Waals surface area contributed by atoms with E-state index in [0.29, 0.717) is 45.9 Å². The number of hydrogen-bond donors (Lipinski definition) is 2. The van der Waals surface area contributed by atoms with Crippen LogP contribution in [0.5, 0.6) is 0 Å². The Kier molecular flexibility index (Phi) is 9.09. The van der Waals surface area contributed by atoms with Gasteiger partial charge in [-0.25, -0.2) is 18.4 Å². The molecule has 2 N–H and O–H groups in total. The van der Waals surface area contributed by atoms with Gasteiger partial charge in [0.2, 0.25) is 17.8 Å². The van der Waals surface area contributed by atoms with Gasteiger partial charge in [0.15, 0.2) is 9.84 Å². The molecule has 1 amide bonds. The van der Waals surface area contributed by atoms with Crippen LogP contribution in [-0.2, 0) is 46.2 Å². The average molecular weight is 692 g/mol. The number of amides is 1. The van der Waals surface area contributed by atoms with E-state index in [1.165, 1.54) is 10.8 Å². The van der Waals surface area contributed by atoms with E-state index in [1.807, 2.05) is 0 Å². The summed E-state index contributed by atoms with van der Waals surface area (Å²) in [6.45, 7) is 0. The smallest absolute Gasteiger partial charge is 0.327 e. The highest BCUT2D eigenvalue weighted by atomic mass is 32.2. The summed E-state index contributed by atoms with van der Waals surface area (Å²) in [4.78, 5) is 27.9. The first-order chi connectivity index (χ1) is 22.4. The van der Waals surface area contributed by atoms with Crippen LogP contribution in [0.1, 0.15) is 22.3 Å². The lowest BCUT2D eigenvalue weighted by Gasteiger charge is -2.19. The van der Waals surface area contributed by atoms with E-state index in [2.05, 4.69) is 25.6 Å². The SMILES string of the molecule is CN(c1ccnc(Nc2cccc(CS(C)(=O)=O)c2)n1)c1cccc2c1nc(NC(=O)Cc1cc(C(F)(F)F)cc(C(F)(F)F)c1)n2C. The van der Waals surface area contributed by atoms with Gasteiger partial charge in [0, 0.05) is 32.2 Å². The minimum absolute atomic E-state index is 0.00108. The maximum Gasteiger partial charge on any atom is 0.416 e. The number of imidazole rings is 1. The molecule has 0 spiro atoms. The van der Waals surface area contributed by atoms with Crippen LogP contribution in [0.4, 0.5) is 55.4 Å². The standard InChI is InChI=1S/C31H27F6N7O3S/c1-43(25-10-11-38-28(40-25)39-22-7-4-6-18(14-22)17-48(3,46)47)23-8-5-9-24-27(23)42-29(44(24)2)41-26(45)15-19-12-20(30(32,33)34)16-21(13-19)31(35,36)37/h4-14,16H,15,17H2,1-3H3,(H,38,39,40)(H,41,42,45). The fourth-order valence-corrected chi connectivity index (χ4v) is 5.73. The molecule has 0 aliphatic heterocycles. The third kappa shape index (κ3) is 8.02. The number of aryl methyl sites for hydroxylation is 1. The molecular formula is C31H27F6N7O3S. The van der Waals surface area contributed by atoms with Gasteiger partial charge in [0.05, 0.1) is 34.5 Å². The maximum atomic E-state index is 13.3. The molecular weight excluding hydrogens is 664 g/mol. The van der Waals surface area contributed by atoms with Crippen LogP contribution in [-0.4, -0.2) is 47.1 Å². The third-order valence-corrected chi connectivity index (χ3v) is 7.97. The number of benzene rings is 3. The van der Waals surface area contributed by atoms with Gasteiger partial charge >= 0.3 is 12.4 Å². The second-order valence-electron chi connectivity index (χ2n) is 11.0. The lowest BCUT2D eigenvalue weighted by molar-refractivity contribution is -0.143. The van der Waals surface area contributed by atoms with Crippen LogP contribution in [0.2, 0.25) is 0 Å². The molecule has 0 radical (unpaired) electrons. The molecule has 10 nitrogen and oxygen atoms in total. The Morgan fingerprint density at radius 1 is 0.896 bits per heavy atom. The number of nitrogens with one attached hydrogen (secondary N) is 2. The molecule has 0 saturated carbocycles. The van der Waals surface area contributed by atoms with Crippen LogP contribution in [0.3, 0.4) is 0 Å². The fourth-order valence-electron chi connectivity index (χ4n) is 4.95. The molecule has 0 unspecified atom stereocenters. The lowest BCUT2D eigenvalue weighted by Crippen LogP contribution is -2.18. The Hall–Kier alpha value is -5.19. The number of hydrogen-bond acceptors (Lipinski definition) is 8. The second kappa shape index (κ2) is 12.8. The van der Waals surface area contributed by atoms with E-state index >= 15 is 0 Å². The number of rotatable bonds is 9. The highest BCUT2D eigenvalue weighted by Crippen LogP contribution is 2.37. The van der Waals surface area contributed by atoms with E-state index < -0.39 is 51.2 Å². The minimum Gasteiger partial charge on any atom is -0.327 e. The maximum absolute atomic E-state index is 13.3. The molecule has 5 aromatic rings. The number of halogens is 6. The first-order valence-corrected chi connectivity index (χ1v) is 16.1. The average Bonchev–Trinajstić information content (AvgIpc) is 3.29. The van der Waals surface area contributed by atoms with Gasteiger partial charge in [-0.15, -0.1) is 0 Å². The molecule has 0 saturated heterocycles. The Morgan fingerprint density at radius 2 is 1.56 bits per heavy atom. The second-order valence-corrected chi connectivity index (χ2v) is 13.1. The van der Waals surface area contributed by atoms with Crippen molar-refractivity contribution in [1.29, 1.82) is 0 Å². The molecule has 3 aromatic carbocycles. The van der Waals surface area contributed by atoms with Crippen LogP contribution >= 0.6 is 0 Å². The summed E-state index contributed by atoms with van der Waals surface area (Å²) in [6, 6.07) is 14.7. The molecule has 2 heterocycles. The molecule has 48 heavy (non-hydrogen) atoms. The molecule has 0 aliphatic rings. The summed E-state index contributed by atoms with van der Waals surface area (Å²) in [5.74, 6) is -0.331. The Morgan fingerprint density at radius 3 is 2.21 bits per heavy atom. The lowest BCUT2D eigenvalue weighted by atomic mass is 10.0. The quantitative estimate of drug-likeness (QED) is 0.165. The third-order valence-electron chi connectivity index (χ3n) is 7.11. The normalized spacial score (nSPS) is 12.3. The predicted octanol–water partition coefficient (Wildman–Crippen LogP) is 6.64. The number of carbonyl (C=O) groups is 1. The number of carbonyl (C=O) groups excluding carboxylic acids is 1. The Bertz CT molecular complexity index is 2080. The topological polar surface area (TPSA) is 122 Å². The summed E-state index contributed by atoms with van der Waals surface area (Å²) in [5.41, 5.74) is -0.816. The van der Waals surface area contributed by atoms with E-state index in [4.69, 9.17) is 0 Å². The van der Waals surface area contributed by atoms with Gasteiger partial charge in [0.1, 0.15) is 11.3 Å². The predicted molar refractivity (Wildman–Crippen MR) is 168 cm³/mol. The number of nitrogens with zero attached hydrogens (tertiary/aromatic N) is 5. The van der Waals surface area contributed by atoms with Crippen molar-refractivity contribution in [2.24, 2.45) is 7.05 Å². The van der Waals surface area contributed by atoms with Gasteiger partial charge in [-0.2, -0.15) is 31.3 Å². The van der Waals surface area contributed by atoms with Crippen LogP contribution in [0.25, 0.3) is 11.0 Å². The van der Waals surface area contributed by atoms with E-state index in [1.54, 1.807) is 67.5 Å². The monoisotopic (exact) mass is 691 g/mol. The molecule has 0 aliphatic carbocycles. The van der Waals surface area contributed by atoms with Crippen molar-refractivity contribution in [3.8, 4) is 0 Å². The summed E-state index contributed by atoms with van der Waals surface area (Å²) < 4.78 is 105. The molecule has 0 bridgehead atoms. The Labute approximate surface area is 270 Å². The van der Waals surface area contributed by atoms with Crippen LogP contribution < -0.4 is 15.5 Å². The molecule has 0 atom stereocenters. The number of sulfone groups is 1. The zero-order valence-electron chi connectivity index (χ0n) is 25.5. The van der Waals surface area contributed by atoms with E-state index in [0.717, 1.165) is 6.26 Å². The number of fused-ring (bicyclic) bond motifs is 1. The van der Waals surface area contributed by atoms with Crippen molar-refractivity contribution in [1.82, 2.24) is 19.5 Å². The van der Waals surface area contributed by atoms with Crippen molar-refractivity contribution in [2.75, 3.05) is 28.8 Å². The molecule has 2 aromatic heterocycles. The highest BCUT2D eigenvalue weighted by Gasteiger charge is 2.37. The van der Waals surface area contributed by atoms with E-state index in [9.17, 15) is 39.6 Å². The highest BCUT2D eigenvalue weighted by molar-refractivity contribution is 7.89. The molecule has 17 heteroatoms. The molecule has 0 fully saturated rings. The fraction of sp³-hybridized carbons (Fsp3) is 0.226. The summed E-state index contributed by atoms with van der Waals surface area (Å²) in [5, 5.41) is 5.54. The van der Waals surface area contributed by atoms with Crippen molar-refractivity contribution in [3.63, 3.8) is 0 Å². The largest absolute Gasteiger partial charge is 0.416 e. The van der Waals surface area contributed by atoms with Gasteiger partial charge in [0.25, 0.3) is 0 Å². The zero-order chi connectivity index (χ0) is 35.0. The minimum atomic E-state index is -5.04. The number of anilines is 5. The summed E-state index contributed by atoms with van der Waals surface area (Å²) in [6.07, 6.45) is -8.19. The first-order valence-electron chi connectivity index (χ1n) is 14.0. The van der Waals surface area contributed by atoms with Crippen LogP contribution in [0, 0.1) is 0 Å². The Balaban J connectivity index is 1.38. The summed E-state index contributed by atoms with van der Waals surface area (Å²) in [7, 11) is 0.0632. The van der Waals surface area contributed by atoms with Crippen molar-refractivity contribution in [2.45, 2.75) is 24.5 Å². The van der Waals surface area contributed by atoms with Gasteiger partial charge in [-0.1, -0.05) is 18.2 Å². The van der Waals surface area contributed by atoms with Gasteiger partial charge in [-0.3, -0.25) is 10.1 Å². The number of aromatic nitrogens is 4. The molecule has 252 valence electrons. The van der Waals surface area contributed by atoms with Crippen molar-refractivity contribution < 1.29 is 39.6 Å². The zero-order valence-corrected chi connectivity index (χ0v) is 26.3.